The van der Waals surface area contributed by atoms with Crippen LogP contribution >= 0.6 is 15.9 Å². The molecule has 2 aromatic rings. The van der Waals surface area contributed by atoms with E-state index in [9.17, 15) is 0 Å². The van der Waals surface area contributed by atoms with E-state index < -0.39 is 0 Å². The molecule has 0 aliphatic heterocycles. The topological polar surface area (TPSA) is 39.2 Å². The van der Waals surface area contributed by atoms with E-state index in [1.165, 1.54) is 0 Å². The molecule has 1 aromatic carbocycles. The molecule has 0 saturated heterocycles. The van der Waals surface area contributed by atoms with Crippen LogP contribution in [0.4, 0.5) is 0 Å². The van der Waals surface area contributed by atoms with Gasteiger partial charge in [-0.3, -0.25) is 0 Å². The average Bonchev–Trinajstić information content (AvgIpc) is 2.57. The number of rotatable bonds is 3. The normalized spacial score (nSPS) is 13.3. The summed E-state index contributed by atoms with van der Waals surface area (Å²) in [6.07, 6.45) is 0.943. The number of furan rings is 1. The number of para-hydroxylation sites is 1. The van der Waals surface area contributed by atoms with Gasteiger partial charge < -0.3 is 10.2 Å². The van der Waals surface area contributed by atoms with E-state index in [4.69, 9.17) is 10.2 Å². The Morgan fingerprint density at radius 2 is 2.13 bits per heavy atom. The smallest absolute Gasteiger partial charge is 0.135 e. The lowest BCUT2D eigenvalue weighted by atomic mass is 10.1. The standard InChI is InChI=1S/C12H14BrNO/c1-8(6-7-14)12-11(13)9-4-2-3-5-10(9)15-12/h2-5,8H,6-7,14H2,1H3. The number of halogens is 1. The van der Waals surface area contributed by atoms with Crippen LogP contribution in [-0.2, 0) is 0 Å². The third kappa shape index (κ3) is 1.94. The summed E-state index contributed by atoms with van der Waals surface area (Å²) in [7, 11) is 0. The first kappa shape index (κ1) is 10.7. The van der Waals surface area contributed by atoms with Gasteiger partial charge in [0.15, 0.2) is 0 Å². The summed E-state index contributed by atoms with van der Waals surface area (Å²) in [4.78, 5) is 0. The second-order valence-electron chi connectivity index (χ2n) is 3.75. The van der Waals surface area contributed by atoms with Gasteiger partial charge in [0.2, 0.25) is 0 Å². The van der Waals surface area contributed by atoms with E-state index in [0.29, 0.717) is 12.5 Å². The molecule has 2 rings (SSSR count). The van der Waals surface area contributed by atoms with E-state index in [0.717, 1.165) is 27.6 Å². The summed E-state index contributed by atoms with van der Waals surface area (Å²) in [6, 6.07) is 8.04. The number of hydrogen-bond acceptors (Lipinski definition) is 2. The summed E-state index contributed by atoms with van der Waals surface area (Å²) < 4.78 is 6.88. The maximum atomic E-state index is 5.81. The second-order valence-corrected chi connectivity index (χ2v) is 4.55. The number of nitrogens with two attached hydrogens (primary N) is 1. The minimum atomic E-state index is 0.358. The van der Waals surface area contributed by atoms with Gasteiger partial charge in [0.05, 0.1) is 4.47 Å². The van der Waals surface area contributed by atoms with E-state index in [-0.39, 0.29) is 0 Å². The Balaban J connectivity index is 2.48. The van der Waals surface area contributed by atoms with Crippen LogP contribution in [0.2, 0.25) is 0 Å². The Hall–Kier alpha value is -0.800. The third-order valence-corrected chi connectivity index (χ3v) is 3.42. The highest BCUT2D eigenvalue weighted by atomic mass is 79.9. The fourth-order valence-electron chi connectivity index (χ4n) is 1.73. The number of hydrogen-bond donors (Lipinski definition) is 1. The zero-order valence-electron chi connectivity index (χ0n) is 8.66. The Morgan fingerprint density at radius 1 is 1.40 bits per heavy atom. The summed E-state index contributed by atoms with van der Waals surface area (Å²) in [6.45, 7) is 2.82. The van der Waals surface area contributed by atoms with Crippen LogP contribution in [0.25, 0.3) is 11.0 Å². The molecule has 0 amide bonds. The highest BCUT2D eigenvalue weighted by molar-refractivity contribution is 9.10. The van der Waals surface area contributed by atoms with Gasteiger partial charge in [-0.1, -0.05) is 19.1 Å². The first-order valence-corrected chi connectivity index (χ1v) is 5.90. The Labute approximate surface area is 97.6 Å². The lowest BCUT2D eigenvalue weighted by Crippen LogP contribution is -2.04. The average molecular weight is 268 g/mol. The molecule has 2 N–H and O–H groups in total. The summed E-state index contributed by atoms with van der Waals surface area (Å²) in [5.74, 6) is 1.36. The maximum absolute atomic E-state index is 5.81. The van der Waals surface area contributed by atoms with Crippen molar-refractivity contribution in [3.63, 3.8) is 0 Å². The SMILES string of the molecule is CC(CCN)c1oc2ccccc2c1Br. The van der Waals surface area contributed by atoms with E-state index in [2.05, 4.69) is 28.9 Å². The summed E-state index contributed by atoms with van der Waals surface area (Å²) >= 11 is 3.59. The van der Waals surface area contributed by atoms with Crippen molar-refractivity contribution in [1.82, 2.24) is 0 Å². The summed E-state index contributed by atoms with van der Waals surface area (Å²) in [5, 5.41) is 1.14. The molecule has 1 heterocycles. The molecule has 1 aromatic heterocycles. The molecule has 0 aliphatic rings. The predicted molar refractivity (Wildman–Crippen MR) is 66.0 cm³/mol. The monoisotopic (exact) mass is 267 g/mol. The predicted octanol–water partition coefficient (Wildman–Crippen LogP) is 3.65. The van der Waals surface area contributed by atoms with Crippen molar-refractivity contribution in [2.75, 3.05) is 6.54 Å². The van der Waals surface area contributed by atoms with Crippen molar-refractivity contribution < 1.29 is 4.42 Å². The van der Waals surface area contributed by atoms with Crippen molar-refractivity contribution >= 4 is 26.9 Å². The lowest BCUT2D eigenvalue weighted by Gasteiger charge is -2.06. The largest absolute Gasteiger partial charge is 0.460 e. The van der Waals surface area contributed by atoms with Crippen molar-refractivity contribution in [1.29, 1.82) is 0 Å². The highest BCUT2D eigenvalue weighted by Crippen LogP contribution is 2.35. The molecule has 1 atom stereocenters. The van der Waals surface area contributed by atoms with Crippen LogP contribution in [0.1, 0.15) is 25.0 Å². The second kappa shape index (κ2) is 4.37. The maximum Gasteiger partial charge on any atom is 0.135 e. The van der Waals surface area contributed by atoms with Gasteiger partial charge in [-0.2, -0.15) is 0 Å². The molecule has 0 saturated carbocycles. The van der Waals surface area contributed by atoms with Gasteiger partial charge in [0.25, 0.3) is 0 Å². The van der Waals surface area contributed by atoms with E-state index in [1.807, 2.05) is 18.2 Å². The Morgan fingerprint density at radius 3 is 2.80 bits per heavy atom. The van der Waals surface area contributed by atoms with E-state index in [1.54, 1.807) is 0 Å². The van der Waals surface area contributed by atoms with Gasteiger partial charge in [0, 0.05) is 11.3 Å². The fourth-order valence-corrected chi connectivity index (χ4v) is 2.53. The van der Waals surface area contributed by atoms with Crippen molar-refractivity contribution in [2.45, 2.75) is 19.3 Å². The van der Waals surface area contributed by atoms with Crippen LogP contribution in [-0.4, -0.2) is 6.54 Å². The quantitative estimate of drug-likeness (QED) is 0.922. The van der Waals surface area contributed by atoms with Gasteiger partial charge >= 0.3 is 0 Å². The molecule has 15 heavy (non-hydrogen) atoms. The zero-order chi connectivity index (χ0) is 10.8. The molecular formula is C12H14BrNO. The van der Waals surface area contributed by atoms with Crippen LogP contribution in [0.15, 0.2) is 33.2 Å². The van der Waals surface area contributed by atoms with Gasteiger partial charge in [-0.15, -0.1) is 0 Å². The minimum Gasteiger partial charge on any atom is -0.460 e. The third-order valence-electron chi connectivity index (χ3n) is 2.61. The van der Waals surface area contributed by atoms with Crippen molar-refractivity contribution in [3.05, 3.63) is 34.5 Å². The minimum absolute atomic E-state index is 0.358. The van der Waals surface area contributed by atoms with Crippen LogP contribution < -0.4 is 5.73 Å². The molecule has 1 unspecified atom stereocenters. The molecule has 0 aliphatic carbocycles. The Kier molecular flexibility index (Phi) is 3.12. The van der Waals surface area contributed by atoms with Crippen LogP contribution in [0.3, 0.4) is 0 Å². The van der Waals surface area contributed by atoms with Crippen LogP contribution in [0, 0.1) is 0 Å². The molecule has 3 heteroatoms. The molecule has 80 valence electrons. The number of benzene rings is 1. The fraction of sp³-hybridized carbons (Fsp3) is 0.333. The molecule has 2 nitrogen and oxygen atoms in total. The van der Waals surface area contributed by atoms with Gasteiger partial charge in [-0.05, 0) is 41.0 Å². The van der Waals surface area contributed by atoms with Gasteiger partial charge in [-0.25, -0.2) is 0 Å². The summed E-state index contributed by atoms with van der Waals surface area (Å²) in [5.41, 5.74) is 6.49. The van der Waals surface area contributed by atoms with Crippen LogP contribution in [0.5, 0.6) is 0 Å². The highest BCUT2D eigenvalue weighted by Gasteiger charge is 2.16. The lowest BCUT2D eigenvalue weighted by molar-refractivity contribution is 0.489. The molecule has 0 radical (unpaired) electrons. The van der Waals surface area contributed by atoms with Gasteiger partial charge in [0.1, 0.15) is 11.3 Å². The molecule has 0 fully saturated rings. The molecular weight excluding hydrogens is 254 g/mol. The first-order valence-electron chi connectivity index (χ1n) is 5.11. The van der Waals surface area contributed by atoms with Crippen molar-refractivity contribution in [2.24, 2.45) is 5.73 Å². The zero-order valence-corrected chi connectivity index (χ0v) is 10.3. The molecule has 0 bridgehead atoms. The molecule has 0 spiro atoms. The van der Waals surface area contributed by atoms with E-state index >= 15 is 0 Å². The first-order chi connectivity index (χ1) is 7.24. The van der Waals surface area contributed by atoms with Crippen molar-refractivity contribution in [3.8, 4) is 0 Å². The number of fused-ring (bicyclic) bond motifs is 1. The Bertz CT molecular complexity index is 464.